The van der Waals surface area contributed by atoms with E-state index in [1.54, 1.807) is 11.1 Å². The fourth-order valence-corrected chi connectivity index (χ4v) is 3.80. The summed E-state index contributed by atoms with van der Waals surface area (Å²) in [7, 11) is 0. The van der Waals surface area contributed by atoms with Crippen molar-refractivity contribution in [2.24, 2.45) is 5.73 Å². The first-order valence-electron chi connectivity index (χ1n) is 8.52. The van der Waals surface area contributed by atoms with Crippen LogP contribution in [0.2, 0.25) is 0 Å². The summed E-state index contributed by atoms with van der Waals surface area (Å²) in [6.07, 6.45) is 2.86. The SMILES string of the molecule is CCN1C(=O)N(CC(N)=O)C(=O)C12CCN(Cc1ccccn1)CC2. The topological polar surface area (TPSA) is 99.8 Å². The summed E-state index contributed by atoms with van der Waals surface area (Å²) in [5, 5.41) is 0. The minimum absolute atomic E-state index is 0.296. The average molecular weight is 345 g/mol. The summed E-state index contributed by atoms with van der Waals surface area (Å²) in [5.41, 5.74) is 5.33. The smallest absolute Gasteiger partial charge is 0.328 e. The van der Waals surface area contributed by atoms with E-state index in [1.807, 2.05) is 25.1 Å². The third-order valence-corrected chi connectivity index (χ3v) is 5.05. The lowest BCUT2D eigenvalue weighted by Crippen LogP contribution is -2.56. The number of piperidine rings is 1. The molecule has 3 heterocycles. The van der Waals surface area contributed by atoms with E-state index in [-0.39, 0.29) is 12.5 Å². The molecular formula is C17H23N5O3. The predicted octanol–water partition coefficient (Wildman–Crippen LogP) is 0.186. The second-order valence-corrected chi connectivity index (χ2v) is 6.51. The zero-order valence-corrected chi connectivity index (χ0v) is 14.4. The average Bonchev–Trinajstić information content (AvgIpc) is 2.79. The lowest BCUT2D eigenvalue weighted by molar-refractivity contribution is -0.137. The quantitative estimate of drug-likeness (QED) is 0.768. The van der Waals surface area contributed by atoms with Gasteiger partial charge in [-0.1, -0.05) is 6.07 Å². The van der Waals surface area contributed by atoms with Crippen LogP contribution in [0.4, 0.5) is 4.79 Å². The Morgan fingerprint density at radius 2 is 2.00 bits per heavy atom. The van der Waals surface area contributed by atoms with Crippen LogP contribution >= 0.6 is 0 Å². The summed E-state index contributed by atoms with van der Waals surface area (Å²) >= 11 is 0. The summed E-state index contributed by atoms with van der Waals surface area (Å²) in [6.45, 7) is 4.03. The highest BCUT2D eigenvalue weighted by Crippen LogP contribution is 2.37. The molecule has 0 atom stereocenters. The Hall–Kier alpha value is -2.48. The zero-order chi connectivity index (χ0) is 18.0. The molecule has 0 radical (unpaired) electrons. The van der Waals surface area contributed by atoms with Crippen LogP contribution in [0.3, 0.4) is 0 Å². The van der Waals surface area contributed by atoms with E-state index >= 15 is 0 Å². The molecule has 134 valence electrons. The normalized spacial score (nSPS) is 20.5. The second kappa shape index (κ2) is 6.79. The first-order chi connectivity index (χ1) is 12.0. The second-order valence-electron chi connectivity index (χ2n) is 6.51. The van der Waals surface area contributed by atoms with Crippen molar-refractivity contribution in [2.45, 2.75) is 31.8 Å². The van der Waals surface area contributed by atoms with Crippen LogP contribution in [0.5, 0.6) is 0 Å². The Labute approximate surface area is 146 Å². The largest absolute Gasteiger partial charge is 0.368 e. The molecule has 2 saturated heterocycles. The van der Waals surface area contributed by atoms with Gasteiger partial charge in [0.25, 0.3) is 5.91 Å². The molecule has 0 saturated carbocycles. The van der Waals surface area contributed by atoms with Gasteiger partial charge in [0.15, 0.2) is 0 Å². The number of urea groups is 1. The number of hydrogen-bond acceptors (Lipinski definition) is 5. The number of hydrogen-bond donors (Lipinski definition) is 1. The van der Waals surface area contributed by atoms with Gasteiger partial charge in [0.2, 0.25) is 5.91 Å². The minimum Gasteiger partial charge on any atom is -0.368 e. The van der Waals surface area contributed by atoms with Gasteiger partial charge in [0.05, 0.1) is 5.69 Å². The standard InChI is InChI=1S/C17H23N5O3/c1-2-22-16(25)21(12-14(18)23)15(24)17(22)6-9-20(10-7-17)11-13-5-3-4-8-19-13/h3-5,8H,2,6-7,9-12H2,1H3,(H2,18,23). The van der Waals surface area contributed by atoms with Crippen LogP contribution in [-0.2, 0) is 16.1 Å². The Bertz CT molecular complexity index is 670. The lowest BCUT2D eigenvalue weighted by Gasteiger charge is -2.41. The molecule has 8 heteroatoms. The number of likely N-dealkylation sites (tertiary alicyclic amines) is 1. The number of imide groups is 1. The maximum atomic E-state index is 12.9. The van der Waals surface area contributed by atoms with E-state index in [4.69, 9.17) is 5.73 Å². The molecule has 0 unspecified atom stereocenters. The minimum atomic E-state index is -0.845. The van der Waals surface area contributed by atoms with E-state index in [9.17, 15) is 14.4 Å². The van der Waals surface area contributed by atoms with Gasteiger partial charge in [-0.15, -0.1) is 0 Å². The molecule has 1 aromatic rings. The molecule has 4 amide bonds. The first-order valence-corrected chi connectivity index (χ1v) is 8.52. The number of likely N-dealkylation sites (N-methyl/N-ethyl adjacent to an activating group) is 1. The number of carbonyl (C=O) groups is 3. The van der Waals surface area contributed by atoms with Crippen molar-refractivity contribution in [3.8, 4) is 0 Å². The number of pyridine rings is 1. The summed E-state index contributed by atoms with van der Waals surface area (Å²) in [6, 6.07) is 5.39. The number of aromatic nitrogens is 1. The number of amides is 4. The highest BCUT2D eigenvalue weighted by molar-refractivity contribution is 6.09. The molecule has 2 N–H and O–H groups in total. The van der Waals surface area contributed by atoms with E-state index in [1.165, 1.54) is 0 Å². The third kappa shape index (κ3) is 3.09. The van der Waals surface area contributed by atoms with E-state index in [2.05, 4.69) is 9.88 Å². The molecule has 25 heavy (non-hydrogen) atoms. The van der Waals surface area contributed by atoms with Crippen LogP contribution < -0.4 is 5.73 Å². The Balaban J connectivity index is 1.72. The van der Waals surface area contributed by atoms with Crippen LogP contribution in [0.15, 0.2) is 24.4 Å². The van der Waals surface area contributed by atoms with Gasteiger partial charge in [0.1, 0.15) is 12.1 Å². The van der Waals surface area contributed by atoms with Crippen LogP contribution in [0.25, 0.3) is 0 Å². The molecule has 0 aromatic carbocycles. The molecular weight excluding hydrogens is 322 g/mol. The van der Waals surface area contributed by atoms with Crippen molar-refractivity contribution in [2.75, 3.05) is 26.2 Å². The molecule has 2 aliphatic heterocycles. The number of nitrogens with two attached hydrogens (primary N) is 1. The Morgan fingerprint density at radius 3 is 2.56 bits per heavy atom. The van der Waals surface area contributed by atoms with Crippen molar-refractivity contribution in [1.29, 1.82) is 0 Å². The van der Waals surface area contributed by atoms with E-state index in [0.717, 1.165) is 17.1 Å². The van der Waals surface area contributed by atoms with E-state index in [0.29, 0.717) is 32.5 Å². The summed E-state index contributed by atoms with van der Waals surface area (Å²) in [5.74, 6) is -0.974. The Kier molecular flexibility index (Phi) is 4.71. The van der Waals surface area contributed by atoms with Crippen molar-refractivity contribution in [3.05, 3.63) is 30.1 Å². The van der Waals surface area contributed by atoms with Gasteiger partial charge < -0.3 is 10.6 Å². The molecule has 0 bridgehead atoms. The maximum Gasteiger partial charge on any atom is 0.328 e. The van der Waals surface area contributed by atoms with Crippen LogP contribution in [0, 0.1) is 0 Å². The molecule has 1 spiro atoms. The van der Waals surface area contributed by atoms with Crippen molar-refractivity contribution >= 4 is 17.8 Å². The van der Waals surface area contributed by atoms with Gasteiger partial charge in [0, 0.05) is 32.4 Å². The van der Waals surface area contributed by atoms with Crippen LogP contribution in [0.1, 0.15) is 25.5 Å². The molecule has 2 aliphatic rings. The molecule has 2 fully saturated rings. The summed E-state index contributed by atoms with van der Waals surface area (Å²) < 4.78 is 0. The Morgan fingerprint density at radius 1 is 1.28 bits per heavy atom. The van der Waals surface area contributed by atoms with Crippen molar-refractivity contribution in [3.63, 3.8) is 0 Å². The number of rotatable bonds is 5. The fraction of sp³-hybridized carbons (Fsp3) is 0.529. The van der Waals surface area contributed by atoms with Crippen molar-refractivity contribution in [1.82, 2.24) is 19.7 Å². The summed E-state index contributed by atoms with van der Waals surface area (Å²) in [4.78, 5) is 45.8. The van der Waals surface area contributed by atoms with E-state index < -0.39 is 17.5 Å². The molecule has 1 aromatic heterocycles. The fourth-order valence-electron chi connectivity index (χ4n) is 3.80. The zero-order valence-electron chi connectivity index (χ0n) is 14.4. The predicted molar refractivity (Wildman–Crippen MR) is 90.2 cm³/mol. The van der Waals surface area contributed by atoms with Gasteiger partial charge in [-0.2, -0.15) is 0 Å². The van der Waals surface area contributed by atoms with Gasteiger partial charge in [-0.25, -0.2) is 4.79 Å². The van der Waals surface area contributed by atoms with Gasteiger partial charge >= 0.3 is 6.03 Å². The van der Waals surface area contributed by atoms with Crippen molar-refractivity contribution < 1.29 is 14.4 Å². The maximum absolute atomic E-state index is 12.9. The molecule has 8 nitrogen and oxygen atoms in total. The first kappa shape index (κ1) is 17.3. The molecule has 3 rings (SSSR count). The van der Waals surface area contributed by atoms with Crippen LogP contribution in [-0.4, -0.2) is 69.2 Å². The highest BCUT2D eigenvalue weighted by Gasteiger charge is 2.57. The molecule has 0 aliphatic carbocycles. The number of primary amides is 1. The highest BCUT2D eigenvalue weighted by atomic mass is 16.2. The number of nitrogens with zero attached hydrogens (tertiary/aromatic N) is 4. The third-order valence-electron chi connectivity index (χ3n) is 5.05. The van der Waals surface area contributed by atoms with Gasteiger partial charge in [-0.05, 0) is 31.9 Å². The monoisotopic (exact) mass is 345 g/mol. The van der Waals surface area contributed by atoms with Gasteiger partial charge in [-0.3, -0.25) is 24.4 Å². The lowest BCUT2D eigenvalue weighted by atomic mass is 9.85. The number of carbonyl (C=O) groups excluding carboxylic acids is 3.